The number of carbonyl (C=O) groups is 1. The van der Waals surface area contributed by atoms with Crippen LogP contribution in [0.15, 0.2) is 6.07 Å². The van der Waals surface area contributed by atoms with E-state index in [2.05, 4.69) is 22.0 Å². The lowest BCUT2D eigenvalue weighted by Gasteiger charge is -2.20. The summed E-state index contributed by atoms with van der Waals surface area (Å²) in [6.07, 6.45) is 2.25. The highest BCUT2D eigenvalue weighted by Gasteiger charge is 2.26. The van der Waals surface area contributed by atoms with E-state index in [1.165, 1.54) is 6.42 Å². The second kappa shape index (κ2) is 4.02. The fourth-order valence-corrected chi connectivity index (χ4v) is 2.17. The van der Waals surface area contributed by atoms with Gasteiger partial charge in [-0.3, -0.25) is 10.00 Å². The number of aromatic nitrogens is 2. The van der Waals surface area contributed by atoms with Crippen molar-refractivity contribution in [1.29, 1.82) is 0 Å². The monoisotopic (exact) mass is 209 g/mol. The highest BCUT2D eigenvalue weighted by atomic mass is 16.4. The van der Waals surface area contributed by atoms with Crippen LogP contribution >= 0.6 is 0 Å². The molecule has 1 saturated heterocycles. The average molecular weight is 209 g/mol. The Labute approximate surface area is 88.1 Å². The Morgan fingerprint density at radius 2 is 2.60 bits per heavy atom. The van der Waals surface area contributed by atoms with E-state index >= 15 is 0 Å². The largest absolute Gasteiger partial charge is 0.476 e. The molecule has 82 valence electrons. The molecule has 0 radical (unpaired) electrons. The number of hydrogen-bond donors (Lipinski definition) is 2. The van der Waals surface area contributed by atoms with Crippen LogP contribution in [0.2, 0.25) is 0 Å². The maximum Gasteiger partial charge on any atom is 0.356 e. The lowest BCUT2D eigenvalue weighted by molar-refractivity contribution is 0.0690. The molecular weight excluding hydrogens is 194 g/mol. The molecule has 1 aromatic heterocycles. The van der Waals surface area contributed by atoms with E-state index in [9.17, 15) is 4.79 Å². The first-order chi connectivity index (χ1) is 7.22. The van der Waals surface area contributed by atoms with Gasteiger partial charge in [0.2, 0.25) is 0 Å². The van der Waals surface area contributed by atoms with Crippen LogP contribution in [0.25, 0.3) is 0 Å². The quantitative estimate of drug-likeness (QED) is 0.786. The predicted molar refractivity (Wildman–Crippen MR) is 54.8 cm³/mol. The van der Waals surface area contributed by atoms with Crippen molar-refractivity contribution in [2.24, 2.45) is 0 Å². The second-order valence-corrected chi connectivity index (χ2v) is 3.80. The molecule has 0 aliphatic carbocycles. The number of H-pyrrole nitrogens is 1. The van der Waals surface area contributed by atoms with Crippen LogP contribution in [0, 0.1) is 0 Å². The van der Waals surface area contributed by atoms with Gasteiger partial charge in [-0.2, -0.15) is 5.10 Å². The van der Waals surface area contributed by atoms with Crippen molar-refractivity contribution in [1.82, 2.24) is 15.1 Å². The van der Waals surface area contributed by atoms with Gasteiger partial charge < -0.3 is 5.11 Å². The standard InChI is InChI=1S/C10H15N3O2/c1-2-13-5-3-4-9(13)7-6-8(10(14)15)12-11-7/h6,9H,2-5H2,1H3,(H,11,12)(H,14,15). The molecule has 15 heavy (non-hydrogen) atoms. The van der Waals surface area contributed by atoms with E-state index in [1.54, 1.807) is 6.07 Å². The smallest absolute Gasteiger partial charge is 0.356 e. The van der Waals surface area contributed by atoms with Crippen LogP contribution in [0.5, 0.6) is 0 Å². The summed E-state index contributed by atoms with van der Waals surface area (Å²) in [5, 5.41) is 15.4. The van der Waals surface area contributed by atoms with E-state index in [1.807, 2.05) is 0 Å². The molecule has 1 aliphatic rings. The molecule has 1 aromatic rings. The summed E-state index contributed by atoms with van der Waals surface area (Å²) in [6.45, 7) is 4.20. The van der Waals surface area contributed by atoms with Crippen LogP contribution in [0.4, 0.5) is 0 Å². The molecule has 0 saturated carbocycles. The third kappa shape index (κ3) is 1.87. The highest BCUT2D eigenvalue weighted by Crippen LogP contribution is 2.30. The molecule has 2 heterocycles. The number of nitrogens with one attached hydrogen (secondary N) is 1. The average Bonchev–Trinajstić information content (AvgIpc) is 2.85. The van der Waals surface area contributed by atoms with E-state index in [-0.39, 0.29) is 5.69 Å². The van der Waals surface area contributed by atoms with Crippen molar-refractivity contribution in [3.8, 4) is 0 Å². The van der Waals surface area contributed by atoms with E-state index in [0.29, 0.717) is 6.04 Å². The summed E-state index contributed by atoms with van der Waals surface area (Å²) in [7, 11) is 0. The minimum absolute atomic E-state index is 0.105. The lowest BCUT2D eigenvalue weighted by atomic mass is 10.1. The van der Waals surface area contributed by atoms with E-state index in [4.69, 9.17) is 5.11 Å². The van der Waals surface area contributed by atoms with Gasteiger partial charge in [-0.05, 0) is 32.0 Å². The van der Waals surface area contributed by atoms with Gasteiger partial charge in [0.1, 0.15) is 0 Å². The number of likely N-dealkylation sites (tertiary alicyclic amines) is 1. The number of rotatable bonds is 3. The minimum atomic E-state index is -0.974. The van der Waals surface area contributed by atoms with Gasteiger partial charge >= 0.3 is 5.97 Å². The summed E-state index contributed by atoms with van der Waals surface area (Å²) >= 11 is 0. The predicted octanol–water partition coefficient (Wildman–Crippen LogP) is 1.26. The topological polar surface area (TPSA) is 69.2 Å². The summed E-state index contributed by atoms with van der Waals surface area (Å²) < 4.78 is 0. The minimum Gasteiger partial charge on any atom is -0.476 e. The van der Waals surface area contributed by atoms with Gasteiger partial charge in [0, 0.05) is 0 Å². The van der Waals surface area contributed by atoms with E-state index in [0.717, 1.165) is 25.2 Å². The first kappa shape index (κ1) is 10.2. The van der Waals surface area contributed by atoms with Crippen LogP contribution in [0.1, 0.15) is 42.0 Å². The summed E-state index contributed by atoms with van der Waals surface area (Å²) in [5.74, 6) is -0.974. The summed E-state index contributed by atoms with van der Waals surface area (Å²) in [4.78, 5) is 13.0. The molecule has 0 aromatic carbocycles. The van der Waals surface area contributed by atoms with Gasteiger partial charge in [0.05, 0.1) is 11.7 Å². The molecule has 1 aliphatic heterocycles. The lowest BCUT2D eigenvalue weighted by Crippen LogP contribution is -2.22. The molecular formula is C10H15N3O2. The van der Waals surface area contributed by atoms with Crippen molar-refractivity contribution in [3.05, 3.63) is 17.5 Å². The number of aromatic carboxylic acids is 1. The van der Waals surface area contributed by atoms with Crippen molar-refractivity contribution in [2.75, 3.05) is 13.1 Å². The molecule has 0 amide bonds. The van der Waals surface area contributed by atoms with Gasteiger partial charge in [-0.25, -0.2) is 4.79 Å². The van der Waals surface area contributed by atoms with Crippen molar-refractivity contribution in [3.63, 3.8) is 0 Å². The number of hydrogen-bond acceptors (Lipinski definition) is 3. The zero-order valence-corrected chi connectivity index (χ0v) is 8.73. The Balaban J connectivity index is 2.18. The van der Waals surface area contributed by atoms with Gasteiger partial charge in [-0.15, -0.1) is 0 Å². The zero-order valence-electron chi connectivity index (χ0n) is 8.73. The molecule has 0 spiro atoms. The fourth-order valence-electron chi connectivity index (χ4n) is 2.17. The van der Waals surface area contributed by atoms with E-state index < -0.39 is 5.97 Å². The van der Waals surface area contributed by atoms with Crippen LogP contribution in [-0.2, 0) is 0 Å². The maximum atomic E-state index is 10.7. The SMILES string of the molecule is CCN1CCCC1c1cc(C(=O)O)n[nH]1. The Bertz CT molecular complexity index is 361. The van der Waals surface area contributed by atoms with Crippen molar-refractivity contribution >= 4 is 5.97 Å². The van der Waals surface area contributed by atoms with Gasteiger partial charge in [-0.1, -0.05) is 6.92 Å². The number of carboxylic acid groups (broad SMARTS) is 1. The summed E-state index contributed by atoms with van der Waals surface area (Å²) in [6, 6.07) is 1.96. The third-order valence-corrected chi connectivity index (χ3v) is 2.95. The van der Waals surface area contributed by atoms with Crippen molar-refractivity contribution < 1.29 is 9.90 Å². The second-order valence-electron chi connectivity index (χ2n) is 3.80. The molecule has 5 nitrogen and oxygen atoms in total. The first-order valence-corrected chi connectivity index (χ1v) is 5.25. The molecule has 5 heteroatoms. The van der Waals surface area contributed by atoms with Crippen molar-refractivity contribution in [2.45, 2.75) is 25.8 Å². The normalized spacial score (nSPS) is 22.1. The number of aromatic amines is 1. The number of carboxylic acids is 1. The van der Waals surface area contributed by atoms with Crippen LogP contribution in [-0.4, -0.2) is 39.3 Å². The van der Waals surface area contributed by atoms with Crippen LogP contribution in [0.3, 0.4) is 0 Å². The zero-order chi connectivity index (χ0) is 10.8. The van der Waals surface area contributed by atoms with Crippen LogP contribution < -0.4 is 0 Å². The molecule has 2 rings (SSSR count). The molecule has 2 N–H and O–H groups in total. The Morgan fingerprint density at radius 3 is 3.20 bits per heavy atom. The first-order valence-electron chi connectivity index (χ1n) is 5.25. The highest BCUT2D eigenvalue weighted by molar-refractivity contribution is 5.85. The number of nitrogens with zero attached hydrogens (tertiary/aromatic N) is 2. The maximum absolute atomic E-state index is 10.7. The molecule has 0 bridgehead atoms. The Kier molecular flexibility index (Phi) is 2.73. The third-order valence-electron chi connectivity index (χ3n) is 2.95. The Hall–Kier alpha value is -1.36. The van der Waals surface area contributed by atoms with Gasteiger partial charge in [0.25, 0.3) is 0 Å². The molecule has 1 unspecified atom stereocenters. The van der Waals surface area contributed by atoms with Gasteiger partial charge in [0.15, 0.2) is 5.69 Å². The fraction of sp³-hybridized carbons (Fsp3) is 0.600. The molecule has 1 fully saturated rings. The Morgan fingerprint density at radius 1 is 1.80 bits per heavy atom. The summed E-state index contributed by atoms with van der Waals surface area (Å²) in [5.41, 5.74) is 1.03. The molecule has 1 atom stereocenters.